The van der Waals surface area contributed by atoms with E-state index in [1.54, 1.807) is 0 Å². The minimum atomic E-state index is 0.261. The lowest BCUT2D eigenvalue weighted by Gasteiger charge is -2.21. The van der Waals surface area contributed by atoms with E-state index in [-0.39, 0.29) is 6.61 Å². The molecule has 1 unspecified atom stereocenters. The van der Waals surface area contributed by atoms with Crippen LogP contribution in [0.1, 0.15) is 35.6 Å². The van der Waals surface area contributed by atoms with Gasteiger partial charge in [0.05, 0.1) is 0 Å². The highest BCUT2D eigenvalue weighted by Crippen LogP contribution is 2.20. The van der Waals surface area contributed by atoms with Crippen LogP contribution in [0.25, 0.3) is 0 Å². The summed E-state index contributed by atoms with van der Waals surface area (Å²) in [7, 11) is 0. The van der Waals surface area contributed by atoms with E-state index in [2.05, 4.69) is 39.1 Å². The maximum Gasteiger partial charge on any atom is 0.0445 e. The Hall–Kier alpha value is -0.380. The zero-order valence-corrected chi connectivity index (χ0v) is 11.5. The third kappa shape index (κ3) is 3.89. The van der Waals surface area contributed by atoms with Crippen LogP contribution in [-0.2, 0) is 6.54 Å². The molecule has 0 aliphatic rings. The summed E-state index contributed by atoms with van der Waals surface area (Å²) in [5.41, 5.74) is 1.39. The quantitative estimate of drug-likeness (QED) is 0.802. The summed E-state index contributed by atoms with van der Waals surface area (Å²) < 4.78 is 0. The lowest BCUT2D eigenvalue weighted by Crippen LogP contribution is -2.34. The zero-order valence-electron chi connectivity index (χ0n) is 10.7. The van der Waals surface area contributed by atoms with Crippen LogP contribution in [0, 0.1) is 19.8 Å². The fourth-order valence-corrected chi connectivity index (χ4v) is 2.86. The van der Waals surface area contributed by atoms with Crippen molar-refractivity contribution in [2.24, 2.45) is 5.92 Å². The standard InChI is InChI=1S/C13H23NOS/c1-9(2)13(5-6-15)14-8-12-7-10(3)16-11(12)4/h7,9,13-15H,5-6,8H2,1-4H3. The maximum atomic E-state index is 9.00. The van der Waals surface area contributed by atoms with Gasteiger partial charge in [-0.2, -0.15) is 0 Å². The molecule has 0 aromatic carbocycles. The predicted molar refractivity (Wildman–Crippen MR) is 71.0 cm³/mol. The molecule has 0 fully saturated rings. The number of rotatable bonds is 6. The van der Waals surface area contributed by atoms with Gasteiger partial charge in [-0.15, -0.1) is 11.3 Å². The first-order chi connectivity index (χ1) is 7.54. The van der Waals surface area contributed by atoms with Crippen molar-refractivity contribution in [2.75, 3.05) is 6.61 Å². The van der Waals surface area contributed by atoms with E-state index in [0.29, 0.717) is 12.0 Å². The summed E-state index contributed by atoms with van der Waals surface area (Å²) in [6.45, 7) is 9.88. The molecule has 2 nitrogen and oxygen atoms in total. The van der Waals surface area contributed by atoms with Gasteiger partial charge < -0.3 is 10.4 Å². The van der Waals surface area contributed by atoms with Crippen LogP contribution >= 0.6 is 11.3 Å². The van der Waals surface area contributed by atoms with Crippen LogP contribution in [-0.4, -0.2) is 17.8 Å². The Balaban J connectivity index is 2.51. The molecular formula is C13H23NOS. The third-order valence-corrected chi connectivity index (χ3v) is 3.95. The largest absolute Gasteiger partial charge is 0.396 e. The Kier molecular flexibility index (Phi) is 5.46. The minimum absolute atomic E-state index is 0.261. The highest BCUT2D eigenvalue weighted by Gasteiger charge is 2.12. The molecule has 1 aromatic rings. The first-order valence-electron chi connectivity index (χ1n) is 5.94. The highest BCUT2D eigenvalue weighted by molar-refractivity contribution is 7.12. The van der Waals surface area contributed by atoms with Gasteiger partial charge in [-0.3, -0.25) is 0 Å². The molecular weight excluding hydrogens is 218 g/mol. The van der Waals surface area contributed by atoms with Gasteiger partial charge in [-0.1, -0.05) is 13.8 Å². The predicted octanol–water partition coefficient (Wildman–Crippen LogP) is 2.86. The van der Waals surface area contributed by atoms with Crippen molar-refractivity contribution in [3.63, 3.8) is 0 Å². The van der Waals surface area contributed by atoms with Crippen molar-refractivity contribution in [1.82, 2.24) is 5.32 Å². The number of nitrogens with one attached hydrogen (secondary N) is 1. The van der Waals surface area contributed by atoms with Crippen LogP contribution in [0.5, 0.6) is 0 Å². The van der Waals surface area contributed by atoms with Gasteiger partial charge in [-0.05, 0) is 37.8 Å². The number of aliphatic hydroxyl groups excluding tert-OH is 1. The Morgan fingerprint density at radius 1 is 1.38 bits per heavy atom. The average molecular weight is 241 g/mol. The van der Waals surface area contributed by atoms with Gasteiger partial charge in [0.1, 0.15) is 0 Å². The fraction of sp³-hybridized carbons (Fsp3) is 0.692. The van der Waals surface area contributed by atoms with Crippen LogP contribution in [0.3, 0.4) is 0 Å². The molecule has 0 bridgehead atoms. The van der Waals surface area contributed by atoms with Crippen molar-refractivity contribution in [1.29, 1.82) is 0 Å². The van der Waals surface area contributed by atoms with Gasteiger partial charge in [0, 0.05) is 28.9 Å². The molecule has 0 saturated carbocycles. The highest BCUT2D eigenvalue weighted by atomic mass is 32.1. The molecule has 92 valence electrons. The van der Waals surface area contributed by atoms with Gasteiger partial charge in [0.2, 0.25) is 0 Å². The normalized spacial score (nSPS) is 13.4. The van der Waals surface area contributed by atoms with Crippen LogP contribution < -0.4 is 5.32 Å². The van der Waals surface area contributed by atoms with Gasteiger partial charge in [-0.25, -0.2) is 0 Å². The van der Waals surface area contributed by atoms with Crippen molar-refractivity contribution in [3.05, 3.63) is 21.4 Å². The number of hydrogen-bond donors (Lipinski definition) is 2. The third-order valence-electron chi connectivity index (χ3n) is 2.94. The lowest BCUT2D eigenvalue weighted by molar-refractivity contribution is 0.244. The molecule has 1 rings (SSSR count). The summed E-state index contributed by atoms with van der Waals surface area (Å²) in [6, 6.07) is 2.66. The summed E-state index contributed by atoms with van der Waals surface area (Å²) >= 11 is 1.85. The van der Waals surface area contributed by atoms with E-state index in [0.717, 1.165) is 13.0 Å². The van der Waals surface area contributed by atoms with Gasteiger partial charge in [0.25, 0.3) is 0 Å². The van der Waals surface area contributed by atoms with Gasteiger partial charge in [0.15, 0.2) is 0 Å². The maximum absolute atomic E-state index is 9.00. The number of aliphatic hydroxyl groups is 1. The monoisotopic (exact) mass is 241 g/mol. The topological polar surface area (TPSA) is 32.3 Å². The molecule has 0 saturated heterocycles. The molecule has 0 aliphatic carbocycles. The van der Waals surface area contributed by atoms with Gasteiger partial charge >= 0.3 is 0 Å². The molecule has 16 heavy (non-hydrogen) atoms. The van der Waals surface area contributed by atoms with Crippen LogP contribution in [0.15, 0.2) is 6.07 Å². The second kappa shape index (κ2) is 6.38. The lowest BCUT2D eigenvalue weighted by atomic mass is 10.0. The second-order valence-corrected chi connectivity index (χ2v) is 6.14. The Morgan fingerprint density at radius 3 is 2.50 bits per heavy atom. The molecule has 0 spiro atoms. The van der Waals surface area contributed by atoms with Crippen molar-refractivity contribution >= 4 is 11.3 Å². The van der Waals surface area contributed by atoms with Crippen molar-refractivity contribution in [2.45, 2.75) is 46.7 Å². The molecule has 1 aromatic heterocycles. The van der Waals surface area contributed by atoms with E-state index < -0.39 is 0 Å². The van der Waals surface area contributed by atoms with E-state index in [9.17, 15) is 0 Å². The molecule has 1 heterocycles. The van der Waals surface area contributed by atoms with Crippen molar-refractivity contribution < 1.29 is 5.11 Å². The summed E-state index contributed by atoms with van der Waals surface area (Å²) in [5, 5.41) is 12.5. The van der Waals surface area contributed by atoms with Crippen molar-refractivity contribution in [3.8, 4) is 0 Å². The smallest absolute Gasteiger partial charge is 0.0445 e. The second-order valence-electron chi connectivity index (χ2n) is 4.68. The fourth-order valence-electron chi connectivity index (χ4n) is 1.91. The Labute approximate surface area is 103 Å². The minimum Gasteiger partial charge on any atom is -0.396 e. The zero-order chi connectivity index (χ0) is 12.1. The molecule has 1 atom stereocenters. The molecule has 2 N–H and O–H groups in total. The van der Waals surface area contributed by atoms with E-state index in [1.165, 1.54) is 15.3 Å². The first kappa shape index (κ1) is 13.7. The molecule has 0 amide bonds. The number of aryl methyl sites for hydroxylation is 2. The Bertz CT molecular complexity index is 320. The SMILES string of the molecule is Cc1cc(CNC(CCO)C(C)C)c(C)s1. The average Bonchev–Trinajstić information content (AvgIpc) is 2.51. The Morgan fingerprint density at radius 2 is 2.06 bits per heavy atom. The van der Waals surface area contributed by atoms with E-state index in [1.807, 2.05) is 11.3 Å². The molecule has 0 aliphatic heterocycles. The number of hydrogen-bond acceptors (Lipinski definition) is 3. The van der Waals surface area contributed by atoms with Crippen LogP contribution in [0.2, 0.25) is 0 Å². The summed E-state index contributed by atoms with van der Waals surface area (Å²) in [4.78, 5) is 2.77. The van der Waals surface area contributed by atoms with E-state index in [4.69, 9.17) is 5.11 Å². The molecule has 3 heteroatoms. The first-order valence-corrected chi connectivity index (χ1v) is 6.76. The van der Waals surface area contributed by atoms with Crippen LogP contribution in [0.4, 0.5) is 0 Å². The van der Waals surface area contributed by atoms with E-state index >= 15 is 0 Å². The number of thiophene rings is 1. The summed E-state index contributed by atoms with van der Waals surface area (Å²) in [5.74, 6) is 0.562. The summed E-state index contributed by atoms with van der Waals surface area (Å²) in [6.07, 6.45) is 0.833. The molecule has 0 radical (unpaired) electrons.